The van der Waals surface area contributed by atoms with Gasteiger partial charge in [-0.05, 0) is 36.4 Å². The molecule has 1 saturated heterocycles. The van der Waals surface area contributed by atoms with Crippen LogP contribution < -0.4 is 15.5 Å². The molecule has 8 nitrogen and oxygen atoms in total. The van der Waals surface area contributed by atoms with Crippen LogP contribution in [0.15, 0.2) is 36.4 Å². The molecule has 0 aliphatic carbocycles. The highest BCUT2D eigenvalue weighted by molar-refractivity contribution is 6.21. The maximum atomic E-state index is 14.6. The van der Waals surface area contributed by atoms with E-state index in [0.29, 0.717) is 11.3 Å². The van der Waals surface area contributed by atoms with E-state index in [1.54, 1.807) is 12.1 Å². The Bertz CT molecular complexity index is 1200. The number of nitrogens with one attached hydrogen (secondary N) is 2. The average molecular weight is 421 g/mol. The van der Waals surface area contributed by atoms with Crippen LogP contribution in [0.25, 0.3) is 0 Å². The van der Waals surface area contributed by atoms with E-state index < -0.39 is 29.8 Å². The van der Waals surface area contributed by atoms with Crippen LogP contribution in [0.3, 0.4) is 0 Å². The summed E-state index contributed by atoms with van der Waals surface area (Å²) < 4.78 is 19.7. The lowest BCUT2D eigenvalue weighted by atomic mass is 10.1. The van der Waals surface area contributed by atoms with Crippen LogP contribution in [-0.2, 0) is 9.53 Å². The zero-order valence-electron chi connectivity index (χ0n) is 16.3. The molecule has 0 unspecified atom stereocenters. The number of imide groups is 1. The molecule has 9 heteroatoms. The van der Waals surface area contributed by atoms with Crippen molar-refractivity contribution in [2.75, 3.05) is 18.0 Å². The van der Waals surface area contributed by atoms with Crippen LogP contribution in [-0.4, -0.2) is 43.0 Å². The highest BCUT2D eigenvalue weighted by Crippen LogP contribution is 2.24. The molecule has 0 aromatic heterocycles. The van der Waals surface area contributed by atoms with Gasteiger partial charge in [-0.15, -0.1) is 0 Å². The SMILES string of the molecule is CC(=O)NC[C@H]1CN(c2ccc(C#Cc3ccc4c(c3)C(=O)NC4=O)c(F)c2)C(=O)O1. The first-order valence-electron chi connectivity index (χ1n) is 9.35. The zero-order chi connectivity index (χ0) is 22.1. The molecule has 4 amide bonds. The first-order chi connectivity index (χ1) is 14.8. The molecular weight excluding hydrogens is 405 g/mol. The molecule has 4 rings (SSSR count). The molecule has 0 radical (unpaired) electrons. The van der Waals surface area contributed by atoms with Crippen molar-refractivity contribution in [2.45, 2.75) is 13.0 Å². The summed E-state index contributed by atoms with van der Waals surface area (Å²) in [5.74, 6) is 3.65. The van der Waals surface area contributed by atoms with Gasteiger partial charge in [0.1, 0.15) is 11.9 Å². The van der Waals surface area contributed by atoms with Crippen molar-refractivity contribution >= 4 is 29.5 Å². The molecular formula is C22H16FN3O5. The monoisotopic (exact) mass is 421 g/mol. The number of anilines is 1. The fourth-order valence-corrected chi connectivity index (χ4v) is 3.25. The van der Waals surface area contributed by atoms with Gasteiger partial charge in [-0.1, -0.05) is 11.8 Å². The third kappa shape index (κ3) is 4.09. The number of rotatable bonds is 3. The van der Waals surface area contributed by atoms with Gasteiger partial charge in [0, 0.05) is 12.5 Å². The number of fused-ring (bicyclic) bond motifs is 1. The second kappa shape index (κ2) is 7.91. The Labute approximate surface area is 176 Å². The van der Waals surface area contributed by atoms with Crippen molar-refractivity contribution in [3.63, 3.8) is 0 Å². The molecule has 2 aliphatic rings. The summed E-state index contributed by atoms with van der Waals surface area (Å²) in [5, 5.41) is 4.77. The Hall–Kier alpha value is -4.19. The molecule has 1 atom stereocenters. The van der Waals surface area contributed by atoms with E-state index in [1.165, 1.54) is 36.1 Å². The lowest BCUT2D eigenvalue weighted by Crippen LogP contribution is -2.33. The van der Waals surface area contributed by atoms with Crippen LogP contribution >= 0.6 is 0 Å². The van der Waals surface area contributed by atoms with Crippen molar-refractivity contribution in [1.29, 1.82) is 0 Å². The minimum Gasteiger partial charge on any atom is -0.442 e. The smallest absolute Gasteiger partial charge is 0.414 e. The number of hydrogen-bond donors (Lipinski definition) is 2. The van der Waals surface area contributed by atoms with Crippen LogP contribution in [0.2, 0.25) is 0 Å². The molecule has 1 fully saturated rings. The van der Waals surface area contributed by atoms with Crippen LogP contribution in [0.4, 0.5) is 14.9 Å². The normalized spacial score (nSPS) is 16.9. The quantitative estimate of drug-likeness (QED) is 0.578. The fourth-order valence-electron chi connectivity index (χ4n) is 3.25. The number of carbonyl (C=O) groups excluding carboxylic acids is 4. The summed E-state index contributed by atoms with van der Waals surface area (Å²) in [6, 6.07) is 8.71. The Morgan fingerprint density at radius 3 is 2.68 bits per heavy atom. The number of cyclic esters (lactones) is 1. The van der Waals surface area contributed by atoms with Gasteiger partial charge in [-0.2, -0.15) is 0 Å². The summed E-state index contributed by atoms with van der Waals surface area (Å²) in [4.78, 5) is 47.7. The van der Waals surface area contributed by atoms with Gasteiger partial charge in [0.25, 0.3) is 11.8 Å². The third-order valence-electron chi connectivity index (χ3n) is 4.79. The highest BCUT2D eigenvalue weighted by atomic mass is 19.1. The van der Waals surface area contributed by atoms with Gasteiger partial charge in [-0.3, -0.25) is 24.6 Å². The molecule has 2 aliphatic heterocycles. The third-order valence-corrected chi connectivity index (χ3v) is 4.79. The van der Waals surface area contributed by atoms with E-state index >= 15 is 0 Å². The van der Waals surface area contributed by atoms with E-state index in [4.69, 9.17) is 4.74 Å². The van der Waals surface area contributed by atoms with Gasteiger partial charge in [0.05, 0.1) is 35.5 Å². The maximum absolute atomic E-state index is 14.6. The number of benzene rings is 2. The van der Waals surface area contributed by atoms with Gasteiger partial charge >= 0.3 is 6.09 Å². The number of carbonyl (C=O) groups is 4. The van der Waals surface area contributed by atoms with Crippen molar-refractivity contribution < 1.29 is 28.3 Å². The van der Waals surface area contributed by atoms with E-state index in [9.17, 15) is 23.6 Å². The van der Waals surface area contributed by atoms with Gasteiger partial charge in [-0.25, -0.2) is 9.18 Å². The largest absolute Gasteiger partial charge is 0.442 e. The molecule has 31 heavy (non-hydrogen) atoms. The predicted molar refractivity (Wildman–Crippen MR) is 107 cm³/mol. The second-order valence-corrected chi connectivity index (χ2v) is 7.01. The van der Waals surface area contributed by atoms with Crippen molar-refractivity contribution in [3.05, 3.63) is 64.5 Å². The predicted octanol–water partition coefficient (Wildman–Crippen LogP) is 1.57. The molecule has 2 aromatic carbocycles. The lowest BCUT2D eigenvalue weighted by molar-refractivity contribution is -0.119. The molecule has 156 valence electrons. The zero-order valence-corrected chi connectivity index (χ0v) is 16.3. The Kier molecular flexibility index (Phi) is 5.13. The Morgan fingerprint density at radius 2 is 1.94 bits per heavy atom. The number of amides is 4. The molecule has 0 saturated carbocycles. The molecule has 2 heterocycles. The van der Waals surface area contributed by atoms with Gasteiger partial charge in [0.2, 0.25) is 5.91 Å². The first-order valence-corrected chi connectivity index (χ1v) is 9.35. The van der Waals surface area contributed by atoms with Crippen molar-refractivity contribution in [2.24, 2.45) is 0 Å². The van der Waals surface area contributed by atoms with E-state index in [-0.39, 0.29) is 35.7 Å². The van der Waals surface area contributed by atoms with E-state index in [1.807, 2.05) is 0 Å². The molecule has 2 aromatic rings. The second-order valence-electron chi connectivity index (χ2n) is 7.01. The molecule has 0 spiro atoms. The Balaban J connectivity index is 1.50. The summed E-state index contributed by atoms with van der Waals surface area (Å²) in [5.41, 5.74) is 1.38. The minimum atomic E-state index is -0.628. The number of hydrogen-bond acceptors (Lipinski definition) is 5. The van der Waals surface area contributed by atoms with E-state index in [2.05, 4.69) is 22.5 Å². The number of nitrogens with zero attached hydrogens (tertiary/aromatic N) is 1. The minimum absolute atomic E-state index is 0.104. The molecule has 2 N–H and O–H groups in total. The topological polar surface area (TPSA) is 105 Å². The summed E-state index contributed by atoms with van der Waals surface area (Å²) in [7, 11) is 0. The summed E-state index contributed by atoms with van der Waals surface area (Å²) >= 11 is 0. The van der Waals surface area contributed by atoms with Crippen molar-refractivity contribution in [1.82, 2.24) is 10.6 Å². The fraction of sp³-hybridized carbons (Fsp3) is 0.182. The van der Waals surface area contributed by atoms with Gasteiger partial charge < -0.3 is 10.1 Å². The molecule has 0 bridgehead atoms. The van der Waals surface area contributed by atoms with Crippen molar-refractivity contribution in [3.8, 4) is 11.8 Å². The average Bonchev–Trinajstić information content (AvgIpc) is 3.24. The van der Waals surface area contributed by atoms with Crippen LogP contribution in [0, 0.1) is 17.7 Å². The summed E-state index contributed by atoms with van der Waals surface area (Å²) in [6.45, 7) is 1.72. The highest BCUT2D eigenvalue weighted by Gasteiger charge is 2.32. The standard InChI is InChI=1S/C22H16FN3O5/c1-12(27)24-10-16-11-26(22(30)31-16)15-6-5-14(19(23)9-15)4-2-13-3-7-17-18(8-13)21(29)25-20(17)28/h3,5-9,16H,10-11H2,1H3,(H,24,27)(H,25,28,29)/t16-/m0/s1. The Morgan fingerprint density at radius 1 is 1.16 bits per heavy atom. The maximum Gasteiger partial charge on any atom is 0.414 e. The lowest BCUT2D eigenvalue weighted by Gasteiger charge is -2.13. The van der Waals surface area contributed by atoms with Gasteiger partial charge in [0.15, 0.2) is 0 Å². The summed E-state index contributed by atoms with van der Waals surface area (Å²) in [6.07, 6.45) is -1.15. The number of halogens is 1. The number of ether oxygens (including phenoxy) is 1. The first kappa shape index (κ1) is 20.1. The van der Waals surface area contributed by atoms with Crippen LogP contribution in [0.5, 0.6) is 0 Å². The van der Waals surface area contributed by atoms with Crippen LogP contribution in [0.1, 0.15) is 38.8 Å². The van der Waals surface area contributed by atoms with E-state index in [0.717, 1.165) is 0 Å².